The average molecular weight is 373 g/mol. The van der Waals surface area contributed by atoms with Gasteiger partial charge < -0.3 is 5.11 Å². The Hall–Kier alpha value is -0.790. The smallest absolute Gasteiger partial charge is 0.330 e. The summed E-state index contributed by atoms with van der Waals surface area (Å²) in [6.45, 7) is 11.3. The van der Waals surface area contributed by atoms with E-state index in [1.54, 1.807) is 0 Å². The lowest BCUT2D eigenvalue weighted by Gasteiger charge is -2.61. The Morgan fingerprint density at radius 2 is 1.74 bits per heavy atom. The summed E-state index contributed by atoms with van der Waals surface area (Å²) in [4.78, 5) is 11.3. The lowest BCUT2D eigenvalue weighted by molar-refractivity contribution is -0.133. The molecular weight excluding hydrogens is 332 g/mol. The van der Waals surface area contributed by atoms with E-state index in [0.29, 0.717) is 34.7 Å². The van der Waals surface area contributed by atoms with E-state index < -0.39 is 5.97 Å². The highest BCUT2D eigenvalue weighted by atomic mass is 16.4. The van der Waals surface area contributed by atoms with Gasteiger partial charge in [-0.25, -0.2) is 4.79 Å². The maximum atomic E-state index is 11.3. The first-order valence-corrected chi connectivity index (χ1v) is 11.7. The molecule has 2 heteroatoms. The van der Waals surface area contributed by atoms with E-state index in [1.165, 1.54) is 64.2 Å². The fourth-order valence-corrected chi connectivity index (χ4v) is 8.89. The summed E-state index contributed by atoms with van der Waals surface area (Å²) < 4.78 is 0. The van der Waals surface area contributed by atoms with Crippen molar-refractivity contribution in [3.8, 4) is 0 Å². The molecule has 0 aromatic carbocycles. The second-order valence-corrected chi connectivity index (χ2v) is 11.2. The molecule has 2 nitrogen and oxygen atoms in total. The second-order valence-electron chi connectivity index (χ2n) is 11.2. The zero-order chi connectivity index (χ0) is 19.4. The first-order valence-electron chi connectivity index (χ1n) is 11.7. The van der Waals surface area contributed by atoms with Crippen LogP contribution in [0.4, 0.5) is 0 Å². The highest BCUT2D eigenvalue weighted by molar-refractivity contribution is 5.85. The van der Waals surface area contributed by atoms with E-state index in [9.17, 15) is 9.90 Å². The van der Waals surface area contributed by atoms with E-state index in [1.807, 2.05) is 0 Å². The summed E-state index contributed by atoms with van der Waals surface area (Å²) in [5, 5.41) is 9.26. The molecular formula is C25H40O2. The molecule has 0 radical (unpaired) electrons. The summed E-state index contributed by atoms with van der Waals surface area (Å²) in [6.07, 6.45) is 15.0. The molecule has 4 aliphatic carbocycles. The molecule has 1 unspecified atom stereocenters. The number of carboxylic acids is 1. The Bertz CT molecular complexity index is 609. The third-order valence-corrected chi connectivity index (χ3v) is 10.2. The fraction of sp³-hybridized carbons (Fsp3) is 0.880. The van der Waals surface area contributed by atoms with Crippen molar-refractivity contribution in [3.05, 3.63) is 12.2 Å². The number of carbonyl (C=O) groups is 1. The quantitative estimate of drug-likeness (QED) is 0.557. The summed E-state index contributed by atoms with van der Waals surface area (Å²) in [7, 11) is 0. The molecule has 0 aromatic rings. The van der Waals surface area contributed by atoms with Crippen LogP contribution in [0.3, 0.4) is 0 Å². The van der Waals surface area contributed by atoms with Crippen molar-refractivity contribution >= 4 is 5.97 Å². The fourth-order valence-electron chi connectivity index (χ4n) is 8.89. The Kier molecular flexibility index (Phi) is 5.00. The monoisotopic (exact) mass is 372 g/mol. The average Bonchev–Trinajstić information content (AvgIpc) is 2.98. The lowest BCUT2D eigenvalue weighted by atomic mass is 9.44. The molecule has 152 valence electrons. The minimum Gasteiger partial charge on any atom is -0.478 e. The van der Waals surface area contributed by atoms with Crippen molar-refractivity contribution in [1.29, 1.82) is 0 Å². The van der Waals surface area contributed by atoms with Crippen LogP contribution in [-0.2, 0) is 4.79 Å². The minimum absolute atomic E-state index is 0.401. The van der Waals surface area contributed by atoms with E-state index in [0.717, 1.165) is 23.7 Å². The molecule has 0 aromatic heterocycles. The zero-order valence-corrected chi connectivity index (χ0v) is 17.8. The topological polar surface area (TPSA) is 37.3 Å². The molecule has 4 fully saturated rings. The van der Waals surface area contributed by atoms with Crippen molar-refractivity contribution in [1.82, 2.24) is 0 Å². The van der Waals surface area contributed by atoms with Crippen LogP contribution in [0.25, 0.3) is 0 Å². The van der Waals surface area contributed by atoms with Crippen LogP contribution >= 0.6 is 0 Å². The first kappa shape index (κ1) is 19.5. The molecule has 0 aliphatic heterocycles. The van der Waals surface area contributed by atoms with Crippen LogP contribution in [0.15, 0.2) is 12.2 Å². The van der Waals surface area contributed by atoms with Gasteiger partial charge in [0, 0.05) is 5.57 Å². The maximum absolute atomic E-state index is 11.3. The third-order valence-electron chi connectivity index (χ3n) is 10.2. The van der Waals surface area contributed by atoms with Gasteiger partial charge in [-0.05, 0) is 104 Å². The zero-order valence-electron chi connectivity index (χ0n) is 17.8. The van der Waals surface area contributed by atoms with Gasteiger partial charge in [-0.1, -0.05) is 40.2 Å². The molecule has 4 aliphatic rings. The van der Waals surface area contributed by atoms with Crippen LogP contribution in [0.2, 0.25) is 0 Å². The van der Waals surface area contributed by atoms with Crippen molar-refractivity contribution in [2.45, 2.75) is 91.4 Å². The maximum Gasteiger partial charge on any atom is 0.330 e. The minimum atomic E-state index is -0.811. The van der Waals surface area contributed by atoms with E-state index in [-0.39, 0.29) is 0 Å². The summed E-state index contributed by atoms with van der Waals surface area (Å²) in [5.41, 5.74) is 1.44. The van der Waals surface area contributed by atoms with Gasteiger partial charge in [-0.15, -0.1) is 0 Å². The third kappa shape index (κ3) is 3.01. The lowest BCUT2D eigenvalue weighted by Crippen LogP contribution is -2.53. The number of rotatable bonds is 4. The van der Waals surface area contributed by atoms with Crippen LogP contribution < -0.4 is 0 Å². The molecule has 0 spiro atoms. The molecule has 27 heavy (non-hydrogen) atoms. The van der Waals surface area contributed by atoms with Crippen LogP contribution in [0, 0.1) is 46.3 Å². The molecule has 4 rings (SSSR count). The van der Waals surface area contributed by atoms with Crippen molar-refractivity contribution in [2.24, 2.45) is 46.3 Å². The van der Waals surface area contributed by atoms with E-state index in [4.69, 9.17) is 0 Å². The van der Waals surface area contributed by atoms with Gasteiger partial charge in [0.25, 0.3) is 0 Å². The number of aliphatic carboxylic acids is 1. The van der Waals surface area contributed by atoms with Gasteiger partial charge in [0.1, 0.15) is 0 Å². The number of hydrogen-bond donors (Lipinski definition) is 1. The number of carboxylic acid groups (broad SMARTS) is 1. The first-order chi connectivity index (χ1) is 12.8. The van der Waals surface area contributed by atoms with Gasteiger partial charge in [0.15, 0.2) is 0 Å². The Morgan fingerprint density at radius 1 is 1.00 bits per heavy atom. The van der Waals surface area contributed by atoms with Gasteiger partial charge in [0.05, 0.1) is 0 Å². The SMILES string of the molecule is C=C(C[C@@H](C)[C@H]1CC[C@H]2[C@@H]3CCC4CCCC[C@]4(C)[C@H]3CC[C@]12C)C(=O)O. The largest absolute Gasteiger partial charge is 0.478 e. The van der Waals surface area contributed by atoms with Gasteiger partial charge >= 0.3 is 5.97 Å². The molecule has 1 N–H and O–H groups in total. The van der Waals surface area contributed by atoms with E-state index in [2.05, 4.69) is 27.4 Å². The van der Waals surface area contributed by atoms with Gasteiger partial charge in [-0.3, -0.25) is 0 Å². The molecule has 0 heterocycles. The Balaban J connectivity index is 1.53. The summed E-state index contributed by atoms with van der Waals surface area (Å²) >= 11 is 0. The summed E-state index contributed by atoms with van der Waals surface area (Å²) in [5.74, 6) is 4.07. The second kappa shape index (κ2) is 6.92. The van der Waals surface area contributed by atoms with E-state index >= 15 is 0 Å². The molecule has 8 atom stereocenters. The number of fused-ring (bicyclic) bond motifs is 5. The molecule has 4 saturated carbocycles. The molecule has 0 amide bonds. The predicted molar refractivity (Wildman–Crippen MR) is 110 cm³/mol. The Labute approximate surface area is 166 Å². The molecule has 0 saturated heterocycles. The molecule has 0 bridgehead atoms. The van der Waals surface area contributed by atoms with Crippen LogP contribution in [0.5, 0.6) is 0 Å². The van der Waals surface area contributed by atoms with Gasteiger partial charge in [0.2, 0.25) is 0 Å². The standard InChI is InChI=1S/C25H40O2/c1-16(15-17(2)23(26)27)20-10-11-21-19-9-8-18-7-5-6-13-24(18,3)22(19)12-14-25(20,21)4/h16,18-22H,2,5-15H2,1,3-4H3,(H,26,27)/t16-,18?,19+,20-,21+,22+,24+,25-/m1/s1. The highest BCUT2D eigenvalue weighted by Gasteiger charge is 2.60. The normalized spacial score (nSPS) is 47.4. The Morgan fingerprint density at radius 3 is 2.48 bits per heavy atom. The van der Waals surface area contributed by atoms with Crippen molar-refractivity contribution in [3.63, 3.8) is 0 Å². The number of hydrogen-bond acceptors (Lipinski definition) is 1. The van der Waals surface area contributed by atoms with Crippen molar-refractivity contribution in [2.75, 3.05) is 0 Å². The van der Waals surface area contributed by atoms with Crippen LogP contribution in [-0.4, -0.2) is 11.1 Å². The highest BCUT2D eigenvalue weighted by Crippen LogP contribution is 2.68. The summed E-state index contributed by atoms with van der Waals surface area (Å²) in [6, 6.07) is 0. The van der Waals surface area contributed by atoms with Crippen LogP contribution in [0.1, 0.15) is 91.4 Å². The predicted octanol–water partition coefficient (Wildman–Crippen LogP) is 6.70. The van der Waals surface area contributed by atoms with Crippen molar-refractivity contribution < 1.29 is 9.90 Å². The van der Waals surface area contributed by atoms with Gasteiger partial charge in [-0.2, -0.15) is 0 Å².